The van der Waals surface area contributed by atoms with E-state index in [-0.39, 0.29) is 5.41 Å². The van der Waals surface area contributed by atoms with Gasteiger partial charge in [0.2, 0.25) is 0 Å². The molecule has 0 aromatic heterocycles. The zero-order chi connectivity index (χ0) is 10.8. The molecular formula is C12H17O2. The van der Waals surface area contributed by atoms with Crippen LogP contribution in [0, 0.1) is 6.07 Å². The van der Waals surface area contributed by atoms with Crippen molar-refractivity contribution in [1.82, 2.24) is 0 Å². The van der Waals surface area contributed by atoms with Gasteiger partial charge in [-0.2, -0.15) is 0 Å². The van der Waals surface area contributed by atoms with Gasteiger partial charge in [0, 0.05) is 5.56 Å². The molecule has 0 aliphatic carbocycles. The first-order valence-corrected chi connectivity index (χ1v) is 4.63. The van der Waals surface area contributed by atoms with Crippen molar-refractivity contribution in [3.63, 3.8) is 0 Å². The van der Waals surface area contributed by atoms with E-state index in [0.717, 1.165) is 17.1 Å². The summed E-state index contributed by atoms with van der Waals surface area (Å²) in [5, 5.41) is 0. The van der Waals surface area contributed by atoms with Crippen molar-refractivity contribution in [3.05, 3.63) is 23.8 Å². The highest BCUT2D eigenvalue weighted by Gasteiger charge is 2.21. The molecule has 0 saturated carbocycles. The predicted molar refractivity (Wildman–Crippen MR) is 57.1 cm³/mol. The van der Waals surface area contributed by atoms with Crippen LogP contribution in [0.25, 0.3) is 0 Å². The van der Waals surface area contributed by atoms with E-state index in [2.05, 4.69) is 26.8 Å². The van der Waals surface area contributed by atoms with E-state index in [9.17, 15) is 0 Å². The Morgan fingerprint density at radius 3 is 2.14 bits per heavy atom. The van der Waals surface area contributed by atoms with Crippen LogP contribution in [0.5, 0.6) is 11.5 Å². The van der Waals surface area contributed by atoms with Gasteiger partial charge in [-0.25, -0.2) is 0 Å². The topological polar surface area (TPSA) is 18.5 Å². The molecule has 0 N–H and O–H groups in total. The van der Waals surface area contributed by atoms with E-state index in [1.54, 1.807) is 20.3 Å². The molecule has 0 amide bonds. The molecule has 0 saturated heterocycles. The van der Waals surface area contributed by atoms with Crippen LogP contribution < -0.4 is 9.47 Å². The van der Waals surface area contributed by atoms with Gasteiger partial charge in [0.05, 0.1) is 14.2 Å². The molecule has 0 aliphatic rings. The largest absolute Gasteiger partial charge is 0.493 e. The fraction of sp³-hybridized carbons (Fsp3) is 0.500. The molecule has 0 aliphatic heterocycles. The fourth-order valence-corrected chi connectivity index (χ4v) is 1.38. The number of benzene rings is 1. The Kier molecular flexibility index (Phi) is 3.04. The first-order chi connectivity index (χ1) is 6.50. The van der Waals surface area contributed by atoms with Crippen molar-refractivity contribution in [2.75, 3.05) is 14.2 Å². The number of hydrogen-bond acceptors (Lipinski definition) is 2. The third-order valence-electron chi connectivity index (χ3n) is 2.14. The smallest absolute Gasteiger partial charge is 0.164 e. The molecule has 0 heterocycles. The molecule has 0 fully saturated rings. The summed E-state index contributed by atoms with van der Waals surface area (Å²) in [5.74, 6) is 1.54. The summed E-state index contributed by atoms with van der Waals surface area (Å²) in [5.41, 5.74) is 1.15. The average Bonchev–Trinajstić information content (AvgIpc) is 2.15. The quantitative estimate of drug-likeness (QED) is 0.719. The Labute approximate surface area is 85.8 Å². The first kappa shape index (κ1) is 10.9. The molecule has 0 spiro atoms. The molecule has 1 aromatic carbocycles. The SMILES string of the molecule is COc1c[c]cc(C(C)(C)C)c1OC. The lowest BCUT2D eigenvalue weighted by atomic mass is 9.86. The van der Waals surface area contributed by atoms with Crippen LogP contribution in [-0.4, -0.2) is 14.2 Å². The molecule has 2 heteroatoms. The van der Waals surface area contributed by atoms with Crippen LogP contribution >= 0.6 is 0 Å². The van der Waals surface area contributed by atoms with Gasteiger partial charge in [-0.3, -0.25) is 0 Å². The highest BCUT2D eigenvalue weighted by atomic mass is 16.5. The Morgan fingerprint density at radius 1 is 1.07 bits per heavy atom. The summed E-state index contributed by atoms with van der Waals surface area (Å²) < 4.78 is 10.6. The van der Waals surface area contributed by atoms with Crippen LogP contribution in [0.4, 0.5) is 0 Å². The second-order valence-electron chi connectivity index (χ2n) is 4.22. The van der Waals surface area contributed by atoms with Crippen LogP contribution in [0.3, 0.4) is 0 Å². The van der Waals surface area contributed by atoms with Gasteiger partial charge in [-0.05, 0) is 23.6 Å². The summed E-state index contributed by atoms with van der Waals surface area (Å²) in [4.78, 5) is 0. The van der Waals surface area contributed by atoms with Crippen molar-refractivity contribution >= 4 is 0 Å². The van der Waals surface area contributed by atoms with Gasteiger partial charge in [-0.15, -0.1) is 0 Å². The summed E-state index contributed by atoms with van der Waals surface area (Å²) in [7, 11) is 3.30. The number of hydrogen-bond donors (Lipinski definition) is 0. The zero-order valence-corrected chi connectivity index (χ0v) is 9.47. The second kappa shape index (κ2) is 3.91. The molecule has 77 valence electrons. The van der Waals surface area contributed by atoms with E-state index < -0.39 is 0 Å². The third kappa shape index (κ3) is 2.00. The van der Waals surface area contributed by atoms with Crippen molar-refractivity contribution in [2.45, 2.75) is 26.2 Å². The lowest BCUT2D eigenvalue weighted by Crippen LogP contribution is -2.13. The number of methoxy groups -OCH3 is 2. The van der Waals surface area contributed by atoms with Crippen LogP contribution in [0.1, 0.15) is 26.3 Å². The highest BCUT2D eigenvalue weighted by molar-refractivity contribution is 5.49. The van der Waals surface area contributed by atoms with E-state index in [1.807, 2.05) is 6.07 Å². The normalized spacial score (nSPS) is 11.2. The standard InChI is InChI=1S/C12H17O2/c1-12(2,3)9-7-6-8-10(13-4)11(9)14-5/h7-8H,1-5H3. The Morgan fingerprint density at radius 2 is 1.71 bits per heavy atom. The van der Waals surface area contributed by atoms with E-state index >= 15 is 0 Å². The monoisotopic (exact) mass is 193 g/mol. The summed E-state index contributed by atoms with van der Waals surface area (Å²) in [6, 6.07) is 6.79. The van der Waals surface area contributed by atoms with Crippen molar-refractivity contribution in [2.24, 2.45) is 0 Å². The minimum atomic E-state index is 0.0381. The predicted octanol–water partition coefficient (Wildman–Crippen LogP) is 2.80. The van der Waals surface area contributed by atoms with Gasteiger partial charge in [-0.1, -0.05) is 20.8 Å². The van der Waals surface area contributed by atoms with Crippen molar-refractivity contribution in [1.29, 1.82) is 0 Å². The van der Waals surface area contributed by atoms with Gasteiger partial charge >= 0.3 is 0 Å². The van der Waals surface area contributed by atoms with Gasteiger partial charge in [0.25, 0.3) is 0 Å². The molecule has 0 unspecified atom stereocenters. The summed E-state index contributed by atoms with van der Waals surface area (Å²) in [6.07, 6.45) is 0. The fourth-order valence-electron chi connectivity index (χ4n) is 1.38. The Balaban J connectivity index is 3.29. The molecule has 2 nitrogen and oxygen atoms in total. The molecule has 0 atom stereocenters. The molecular weight excluding hydrogens is 176 g/mol. The van der Waals surface area contributed by atoms with Gasteiger partial charge < -0.3 is 9.47 Å². The summed E-state index contributed by atoms with van der Waals surface area (Å²) in [6.45, 7) is 6.41. The van der Waals surface area contributed by atoms with Crippen molar-refractivity contribution in [3.8, 4) is 11.5 Å². The van der Waals surface area contributed by atoms with Gasteiger partial charge in [0.15, 0.2) is 11.5 Å². The molecule has 1 aromatic rings. The second-order valence-corrected chi connectivity index (χ2v) is 4.22. The average molecular weight is 193 g/mol. The number of rotatable bonds is 2. The molecule has 14 heavy (non-hydrogen) atoms. The molecule has 1 radical (unpaired) electrons. The minimum Gasteiger partial charge on any atom is -0.493 e. The third-order valence-corrected chi connectivity index (χ3v) is 2.14. The van der Waals surface area contributed by atoms with E-state index in [0.29, 0.717) is 0 Å². The number of ether oxygens (including phenoxy) is 2. The first-order valence-electron chi connectivity index (χ1n) is 4.63. The van der Waals surface area contributed by atoms with E-state index in [1.165, 1.54) is 0 Å². The van der Waals surface area contributed by atoms with Gasteiger partial charge in [0.1, 0.15) is 0 Å². The lowest BCUT2D eigenvalue weighted by Gasteiger charge is -2.23. The maximum atomic E-state index is 5.35. The van der Waals surface area contributed by atoms with Crippen LogP contribution in [0.15, 0.2) is 12.1 Å². The Bertz CT molecular complexity index is 311. The van der Waals surface area contributed by atoms with Crippen molar-refractivity contribution < 1.29 is 9.47 Å². The molecule has 1 rings (SSSR count). The maximum Gasteiger partial charge on any atom is 0.164 e. The molecule has 0 bridgehead atoms. The lowest BCUT2D eigenvalue weighted by molar-refractivity contribution is 0.345. The highest BCUT2D eigenvalue weighted by Crippen LogP contribution is 2.37. The summed E-state index contributed by atoms with van der Waals surface area (Å²) >= 11 is 0. The van der Waals surface area contributed by atoms with E-state index in [4.69, 9.17) is 9.47 Å². The maximum absolute atomic E-state index is 5.35. The van der Waals surface area contributed by atoms with Crippen LogP contribution in [-0.2, 0) is 5.41 Å². The van der Waals surface area contributed by atoms with Crippen LogP contribution in [0.2, 0.25) is 0 Å². The Hall–Kier alpha value is -1.18. The minimum absolute atomic E-state index is 0.0381. The zero-order valence-electron chi connectivity index (χ0n) is 9.47.